The monoisotopic (exact) mass is 405 g/mol. The molecule has 9 nitrogen and oxygen atoms in total. The minimum absolute atomic E-state index is 0.276. The molecule has 2 rings (SSSR count). The maximum atomic E-state index is 12.7. The van der Waals surface area contributed by atoms with Crippen LogP contribution in [0.25, 0.3) is 0 Å². The third-order valence-corrected chi connectivity index (χ3v) is 3.95. The Bertz CT molecular complexity index is 750. The van der Waals surface area contributed by atoms with Gasteiger partial charge in [-0.3, -0.25) is 14.9 Å². The summed E-state index contributed by atoms with van der Waals surface area (Å²) in [5, 5.41) is 13.5. The van der Waals surface area contributed by atoms with Crippen LogP contribution in [0.5, 0.6) is 0 Å². The molecule has 1 fully saturated rings. The average Bonchev–Trinajstić information content (AvgIpc) is 2.65. The van der Waals surface area contributed by atoms with E-state index in [0.29, 0.717) is 38.4 Å². The van der Waals surface area contributed by atoms with Crippen molar-refractivity contribution in [3.63, 3.8) is 0 Å². The smallest absolute Gasteiger partial charge is 0.416 e. The van der Waals surface area contributed by atoms with Crippen LogP contribution in [0.3, 0.4) is 0 Å². The number of nitrogens with zero attached hydrogens (tertiary/aromatic N) is 2. The Morgan fingerprint density at radius 1 is 1.36 bits per heavy atom. The van der Waals surface area contributed by atoms with Gasteiger partial charge in [-0.2, -0.15) is 13.2 Å². The van der Waals surface area contributed by atoms with Crippen LogP contribution in [-0.2, 0) is 25.2 Å². The number of carbonyl (C=O) groups is 2. The first-order chi connectivity index (χ1) is 13.1. The van der Waals surface area contributed by atoms with Crippen LogP contribution in [0.4, 0.5) is 24.5 Å². The van der Waals surface area contributed by atoms with Crippen molar-refractivity contribution in [2.24, 2.45) is 0 Å². The van der Waals surface area contributed by atoms with E-state index in [1.807, 2.05) is 0 Å². The summed E-state index contributed by atoms with van der Waals surface area (Å²) in [6.07, 6.45) is -4.74. The molecule has 1 aromatic carbocycles. The second kappa shape index (κ2) is 8.87. The number of hydrogen-bond donors (Lipinski definition) is 1. The number of benzene rings is 1. The number of nitro benzene ring substituents is 1. The summed E-state index contributed by atoms with van der Waals surface area (Å²) in [5.74, 6) is -1.29. The Kier molecular flexibility index (Phi) is 6.78. The molecule has 1 aliphatic rings. The molecule has 1 atom stereocenters. The molecule has 1 saturated heterocycles. The van der Waals surface area contributed by atoms with E-state index in [4.69, 9.17) is 9.47 Å². The fourth-order valence-electron chi connectivity index (χ4n) is 2.44. The maximum Gasteiger partial charge on any atom is 0.416 e. The summed E-state index contributed by atoms with van der Waals surface area (Å²) in [6.45, 7) is 2.32. The highest BCUT2D eigenvalue weighted by molar-refractivity contribution is 5.84. The molecular weight excluding hydrogens is 387 g/mol. The van der Waals surface area contributed by atoms with Gasteiger partial charge in [0.1, 0.15) is 11.7 Å². The lowest BCUT2D eigenvalue weighted by molar-refractivity contribution is -0.384. The Morgan fingerprint density at radius 3 is 2.57 bits per heavy atom. The number of rotatable bonds is 6. The molecule has 1 amide bonds. The first-order valence-corrected chi connectivity index (χ1v) is 8.24. The van der Waals surface area contributed by atoms with E-state index in [-0.39, 0.29) is 5.69 Å². The van der Waals surface area contributed by atoms with Crippen LogP contribution in [0.2, 0.25) is 0 Å². The lowest BCUT2D eigenvalue weighted by atomic mass is 10.1. The Labute approximate surface area is 157 Å². The number of nitro groups is 1. The normalized spacial score (nSPS) is 15.6. The van der Waals surface area contributed by atoms with Crippen molar-refractivity contribution in [2.75, 3.05) is 38.2 Å². The topological polar surface area (TPSA) is 111 Å². The second-order valence-corrected chi connectivity index (χ2v) is 5.95. The zero-order valence-corrected chi connectivity index (χ0v) is 14.8. The van der Waals surface area contributed by atoms with Gasteiger partial charge in [-0.05, 0) is 19.1 Å². The van der Waals surface area contributed by atoms with Gasteiger partial charge in [-0.25, -0.2) is 4.79 Å². The summed E-state index contributed by atoms with van der Waals surface area (Å²) in [5.41, 5.74) is -2.29. The summed E-state index contributed by atoms with van der Waals surface area (Å²) in [4.78, 5) is 35.5. The molecular formula is C16H18F3N3O6. The number of hydrogen-bond acceptors (Lipinski definition) is 7. The van der Waals surface area contributed by atoms with E-state index < -0.39 is 46.9 Å². The number of amides is 1. The number of alkyl halides is 3. The van der Waals surface area contributed by atoms with Crippen molar-refractivity contribution < 1.29 is 37.2 Å². The average molecular weight is 405 g/mol. The molecule has 12 heteroatoms. The summed E-state index contributed by atoms with van der Waals surface area (Å²) >= 11 is 0. The second-order valence-electron chi connectivity index (χ2n) is 5.95. The first-order valence-electron chi connectivity index (χ1n) is 8.24. The molecule has 0 spiro atoms. The molecule has 1 N–H and O–H groups in total. The van der Waals surface area contributed by atoms with Crippen molar-refractivity contribution in [3.8, 4) is 0 Å². The molecule has 1 heterocycles. The third-order valence-electron chi connectivity index (χ3n) is 3.95. The summed E-state index contributed by atoms with van der Waals surface area (Å²) in [7, 11) is 0. The molecule has 0 bridgehead atoms. The maximum absolute atomic E-state index is 12.7. The van der Waals surface area contributed by atoms with Crippen LogP contribution in [0.15, 0.2) is 18.2 Å². The molecule has 0 unspecified atom stereocenters. The Balaban J connectivity index is 1.99. The number of morpholine rings is 1. The van der Waals surface area contributed by atoms with Gasteiger partial charge in [0.05, 0.1) is 23.7 Å². The van der Waals surface area contributed by atoms with Gasteiger partial charge in [0, 0.05) is 19.2 Å². The zero-order chi connectivity index (χ0) is 20.9. The van der Waals surface area contributed by atoms with E-state index in [0.717, 1.165) is 6.07 Å². The van der Waals surface area contributed by atoms with Crippen LogP contribution in [0.1, 0.15) is 12.5 Å². The molecule has 1 aromatic rings. The fraction of sp³-hybridized carbons (Fsp3) is 0.500. The fourth-order valence-corrected chi connectivity index (χ4v) is 2.44. The van der Waals surface area contributed by atoms with Gasteiger partial charge < -0.3 is 19.7 Å². The lowest BCUT2D eigenvalue weighted by Gasteiger charge is -2.26. The lowest BCUT2D eigenvalue weighted by Crippen LogP contribution is -2.43. The van der Waals surface area contributed by atoms with E-state index in [2.05, 4.69) is 5.32 Å². The molecule has 28 heavy (non-hydrogen) atoms. The van der Waals surface area contributed by atoms with Crippen LogP contribution in [-0.4, -0.2) is 60.7 Å². The minimum atomic E-state index is -4.74. The van der Waals surface area contributed by atoms with Crippen molar-refractivity contribution in [1.29, 1.82) is 0 Å². The third kappa shape index (κ3) is 5.55. The molecule has 154 valence electrons. The largest absolute Gasteiger partial charge is 0.454 e. The number of ether oxygens (including phenoxy) is 2. The van der Waals surface area contributed by atoms with E-state index in [1.165, 1.54) is 11.8 Å². The highest BCUT2D eigenvalue weighted by atomic mass is 19.4. The summed E-state index contributed by atoms with van der Waals surface area (Å²) < 4.78 is 48.2. The van der Waals surface area contributed by atoms with Crippen LogP contribution < -0.4 is 5.32 Å². The van der Waals surface area contributed by atoms with Gasteiger partial charge in [-0.1, -0.05) is 0 Å². The van der Waals surface area contributed by atoms with Crippen LogP contribution >= 0.6 is 0 Å². The van der Waals surface area contributed by atoms with Gasteiger partial charge in [0.25, 0.3) is 11.6 Å². The Morgan fingerprint density at radius 2 is 2.00 bits per heavy atom. The predicted octanol–water partition coefficient (Wildman–Crippen LogP) is 1.82. The van der Waals surface area contributed by atoms with Gasteiger partial charge in [-0.15, -0.1) is 0 Å². The molecule has 0 aliphatic carbocycles. The van der Waals surface area contributed by atoms with Gasteiger partial charge in [0.2, 0.25) is 0 Å². The summed E-state index contributed by atoms with van der Waals surface area (Å²) in [6, 6.07) is 0.773. The highest BCUT2D eigenvalue weighted by Gasteiger charge is 2.33. The molecule has 0 radical (unpaired) electrons. The first kappa shape index (κ1) is 21.4. The van der Waals surface area contributed by atoms with Crippen molar-refractivity contribution in [3.05, 3.63) is 33.9 Å². The van der Waals surface area contributed by atoms with E-state index in [9.17, 15) is 32.9 Å². The zero-order valence-electron chi connectivity index (χ0n) is 14.8. The molecule has 0 saturated carbocycles. The predicted molar refractivity (Wildman–Crippen MR) is 89.5 cm³/mol. The number of nitrogens with one attached hydrogen (secondary N) is 1. The molecule has 0 aromatic heterocycles. The van der Waals surface area contributed by atoms with Crippen molar-refractivity contribution in [1.82, 2.24) is 4.90 Å². The quantitative estimate of drug-likeness (QED) is 0.437. The van der Waals surface area contributed by atoms with Crippen molar-refractivity contribution in [2.45, 2.75) is 19.1 Å². The van der Waals surface area contributed by atoms with E-state index >= 15 is 0 Å². The van der Waals surface area contributed by atoms with Crippen LogP contribution in [0, 0.1) is 10.1 Å². The van der Waals surface area contributed by atoms with Gasteiger partial charge >= 0.3 is 12.1 Å². The minimum Gasteiger partial charge on any atom is -0.454 e. The van der Waals surface area contributed by atoms with Gasteiger partial charge in [0.15, 0.2) is 6.61 Å². The standard InChI is InChI=1S/C16H18F3N3O6/c1-10(15(24)28-9-14(23)21-4-6-27-7-5-21)20-12-3-2-11(16(17,18)19)8-13(12)22(25)26/h2-3,8,10,20H,4-7,9H2,1H3/t10-/m0/s1. The Hall–Kier alpha value is -2.89. The molecule has 1 aliphatic heterocycles. The number of esters is 1. The van der Waals surface area contributed by atoms with Crippen molar-refractivity contribution >= 4 is 23.3 Å². The number of anilines is 1. The van der Waals surface area contributed by atoms with E-state index in [1.54, 1.807) is 0 Å². The highest BCUT2D eigenvalue weighted by Crippen LogP contribution is 2.35. The SMILES string of the molecule is C[C@H](Nc1ccc(C(F)(F)F)cc1[N+](=O)[O-])C(=O)OCC(=O)N1CCOCC1. The number of carbonyl (C=O) groups excluding carboxylic acids is 2. The number of halogens is 3.